The summed E-state index contributed by atoms with van der Waals surface area (Å²) in [6.07, 6.45) is -0.184. The van der Waals surface area contributed by atoms with E-state index >= 15 is 0 Å². The second kappa shape index (κ2) is 7.44. The molecule has 0 aliphatic rings. The van der Waals surface area contributed by atoms with Crippen LogP contribution in [0.25, 0.3) is 0 Å². The lowest BCUT2D eigenvalue weighted by atomic mass is 10.2. The highest BCUT2D eigenvalue weighted by molar-refractivity contribution is 7.91. The number of sulfonamides is 1. The van der Waals surface area contributed by atoms with Gasteiger partial charge in [-0.15, -0.1) is 11.3 Å². The van der Waals surface area contributed by atoms with E-state index in [1.807, 2.05) is 0 Å². The van der Waals surface area contributed by atoms with E-state index in [2.05, 4.69) is 0 Å². The zero-order chi connectivity index (χ0) is 17.0. The fourth-order valence-electron chi connectivity index (χ4n) is 2.05. The first-order valence-electron chi connectivity index (χ1n) is 6.88. The third-order valence-electron chi connectivity index (χ3n) is 3.21. The number of benzene rings is 1. The quantitative estimate of drug-likeness (QED) is 0.808. The van der Waals surface area contributed by atoms with Crippen molar-refractivity contribution in [2.24, 2.45) is 0 Å². The van der Waals surface area contributed by atoms with Gasteiger partial charge in [-0.3, -0.25) is 4.79 Å². The molecule has 0 amide bonds. The molecule has 0 saturated heterocycles. The second-order valence-electron chi connectivity index (χ2n) is 4.81. The Balaban J connectivity index is 2.27. The lowest BCUT2D eigenvalue weighted by molar-refractivity contribution is -0.136. The molecule has 0 spiro atoms. The summed E-state index contributed by atoms with van der Waals surface area (Å²) in [7, 11) is -3.68. The molecule has 1 N–H and O–H groups in total. The molecule has 0 unspecified atom stereocenters. The van der Waals surface area contributed by atoms with Gasteiger partial charge in [0.05, 0.1) is 6.42 Å². The van der Waals surface area contributed by atoms with E-state index in [9.17, 15) is 13.2 Å². The predicted molar refractivity (Wildman–Crippen MR) is 90.4 cm³/mol. The second-order valence-corrected chi connectivity index (χ2v) is 8.55. The highest BCUT2D eigenvalue weighted by Crippen LogP contribution is 2.27. The van der Waals surface area contributed by atoms with Crippen LogP contribution in [-0.4, -0.2) is 30.3 Å². The molecule has 0 bridgehead atoms. The van der Waals surface area contributed by atoms with Crippen molar-refractivity contribution in [3.05, 3.63) is 51.9 Å². The average molecular weight is 374 g/mol. The summed E-state index contributed by atoms with van der Waals surface area (Å²) in [6.45, 7) is 2.21. The van der Waals surface area contributed by atoms with Crippen LogP contribution in [0.5, 0.6) is 0 Å². The average Bonchev–Trinajstić information content (AvgIpc) is 2.94. The van der Waals surface area contributed by atoms with E-state index in [-0.39, 0.29) is 17.2 Å². The summed E-state index contributed by atoms with van der Waals surface area (Å²) in [5.41, 5.74) is 0.724. The van der Waals surface area contributed by atoms with Crippen LogP contribution in [0.4, 0.5) is 0 Å². The van der Waals surface area contributed by atoms with Gasteiger partial charge in [0, 0.05) is 23.0 Å². The van der Waals surface area contributed by atoms with Crippen LogP contribution in [0.1, 0.15) is 17.4 Å². The summed E-state index contributed by atoms with van der Waals surface area (Å²) in [5, 5.41) is 9.30. The summed E-state index contributed by atoms with van der Waals surface area (Å²) in [6, 6.07) is 10.1. The molecular weight excluding hydrogens is 358 g/mol. The fourth-order valence-corrected chi connectivity index (χ4v) is 5.18. The number of thiophene rings is 1. The van der Waals surface area contributed by atoms with Gasteiger partial charge >= 0.3 is 5.97 Å². The SMILES string of the molecule is CCN(Cc1ccccc1Cl)S(=O)(=O)c1ccc(CC(=O)O)s1. The topological polar surface area (TPSA) is 74.7 Å². The maximum absolute atomic E-state index is 12.7. The zero-order valence-corrected chi connectivity index (χ0v) is 14.8. The van der Waals surface area contributed by atoms with E-state index in [0.717, 1.165) is 16.9 Å². The van der Waals surface area contributed by atoms with Crippen molar-refractivity contribution >= 4 is 38.9 Å². The van der Waals surface area contributed by atoms with Crippen LogP contribution in [-0.2, 0) is 27.8 Å². The monoisotopic (exact) mass is 373 g/mol. The van der Waals surface area contributed by atoms with E-state index in [0.29, 0.717) is 16.4 Å². The van der Waals surface area contributed by atoms with Gasteiger partial charge in [-0.1, -0.05) is 36.7 Å². The number of halogens is 1. The van der Waals surface area contributed by atoms with Crippen molar-refractivity contribution in [3.63, 3.8) is 0 Å². The predicted octanol–water partition coefficient (Wildman–Crippen LogP) is 3.24. The van der Waals surface area contributed by atoms with Gasteiger partial charge in [0.25, 0.3) is 10.0 Å². The third-order valence-corrected chi connectivity index (χ3v) is 7.06. The Morgan fingerprint density at radius 2 is 1.96 bits per heavy atom. The number of hydrogen-bond acceptors (Lipinski definition) is 4. The van der Waals surface area contributed by atoms with Gasteiger partial charge in [0.15, 0.2) is 0 Å². The summed E-state index contributed by atoms with van der Waals surface area (Å²) in [5.74, 6) is -0.987. The zero-order valence-electron chi connectivity index (χ0n) is 12.4. The molecule has 2 aromatic rings. The minimum atomic E-state index is -3.68. The largest absolute Gasteiger partial charge is 0.481 e. The van der Waals surface area contributed by atoms with Crippen LogP contribution in [0.15, 0.2) is 40.6 Å². The molecule has 0 aliphatic heterocycles. The molecule has 1 aromatic carbocycles. The van der Waals surface area contributed by atoms with E-state index in [1.165, 1.54) is 16.4 Å². The van der Waals surface area contributed by atoms with Gasteiger partial charge < -0.3 is 5.11 Å². The van der Waals surface area contributed by atoms with Crippen molar-refractivity contribution in [1.29, 1.82) is 0 Å². The Morgan fingerprint density at radius 3 is 2.57 bits per heavy atom. The number of aliphatic carboxylic acids is 1. The first-order chi connectivity index (χ1) is 10.8. The molecule has 0 fully saturated rings. The molecule has 0 saturated carbocycles. The maximum atomic E-state index is 12.7. The number of carbonyl (C=O) groups is 1. The highest BCUT2D eigenvalue weighted by Gasteiger charge is 2.25. The first kappa shape index (κ1) is 17.9. The molecule has 23 heavy (non-hydrogen) atoms. The summed E-state index contributed by atoms with van der Waals surface area (Å²) in [4.78, 5) is 11.2. The number of carboxylic acids is 1. The molecule has 8 heteroatoms. The van der Waals surface area contributed by atoms with Crippen LogP contribution in [0.2, 0.25) is 5.02 Å². The Bertz CT molecular complexity index is 801. The van der Waals surface area contributed by atoms with Crippen molar-refractivity contribution in [2.45, 2.75) is 24.1 Å². The Labute approximate surface area is 144 Å². The molecule has 5 nitrogen and oxygen atoms in total. The van der Waals surface area contributed by atoms with E-state index < -0.39 is 16.0 Å². The molecule has 1 aromatic heterocycles. The number of nitrogens with zero attached hydrogens (tertiary/aromatic N) is 1. The maximum Gasteiger partial charge on any atom is 0.308 e. The minimum Gasteiger partial charge on any atom is -0.481 e. The Hall–Kier alpha value is -1.41. The Morgan fingerprint density at radius 1 is 1.26 bits per heavy atom. The van der Waals surface area contributed by atoms with Gasteiger partial charge in [0.1, 0.15) is 4.21 Å². The molecule has 0 atom stereocenters. The summed E-state index contributed by atoms with van der Waals surface area (Å²) < 4.78 is 26.9. The smallest absolute Gasteiger partial charge is 0.308 e. The highest BCUT2D eigenvalue weighted by atomic mass is 35.5. The third kappa shape index (κ3) is 4.32. The van der Waals surface area contributed by atoms with Crippen LogP contribution < -0.4 is 0 Å². The first-order valence-corrected chi connectivity index (χ1v) is 9.52. The van der Waals surface area contributed by atoms with E-state index in [4.69, 9.17) is 16.7 Å². The van der Waals surface area contributed by atoms with Gasteiger partial charge in [-0.25, -0.2) is 8.42 Å². The number of rotatable bonds is 7. The van der Waals surface area contributed by atoms with Gasteiger partial charge in [0.2, 0.25) is 0 Å². The van der Waals surface area contributed by atoms with E-state index in [1.54, 1.807) is 31.2 Å². The van der Waals surface area contributed by atoms with Crippen LogP contribution in [0.3, 0.4) is 0 Å². The van der Waals surface area contributed by atoms with Gasteiger partial charge in [-0.05, 0) is 23.8 Å². The van der Waals surface area contributed by atoms with Crippen molar-refractivity contribution in [3.8, 4) is 0 Å². The van der Waals surface area contributed by atoms with Crippen molar-refractivity contribution in [2.75, 3.05) is 6.54 Å². The number of hydrogen-bond donors (Lipinski definition) is 1. The molecule has 0 aliphatic carbocycles. The molecule has 124 valence electrons. The molecular formula is C15H16ClNO4S2. The lowest BCUT2D eigenvalue weighted by Gasteiger charge is -2.20. The molecule has 1 heterocycles. The number of carboxylic acid groups (broad SMARTS) is 1. The van der Waals surface area contributed by atoms with Gasteiger partial charge in [-0.2, -0.15) is 4.31 Å². The minimum absolute atomic E-state index is 0.141. The fraction of sp³-hybridized carbons (Fsp3) is 0.267. The summed E-state index contributed by atoms with van der Waals surface area (Å²) >= 11 is 7.08. The van der Waals surface area contributed by atoms with Crippen molar-refractivity contribution < 1.29 is 18.3 Å². The lowest BCUT2D eigenvalue weighted by Crippen LogP contribution is -2.30. The van der Waals surface area contributed by atoms with Crippen LogP contribution in [0, 0.1) is 0 Å². The standard InChI is InChI=1S/C15H16ClNO4S2/c1-2-17(10-11-5-3-4-6-13(11)16)23(20,21)15-8-7-12(22-15)9-14(18)19/h3-8H,2,9-10H2,1H3,(H,18,19). The Kier molecular flexibility index (Phi) is 5.80. The molecule has 2 rings (SSSR count). The molecule has 0 radical (unpaired) electrons. The normalized spacial score (nSPS) is 11.8. The van der Waals surface area contributed by atoms with Crippen molar-refractivity contribution in [1.82, 2.24) is 4.31 Å². The van der Waals surface area contributed by atoms with Crippen LogP contribution >= 0.6 is 22.9 Å².